The molecule has 0 spiro atoms. The van der Waals surface area contributed by atoms with Crippen LogP contribution in [0.25, 0.3) is 0 Å². The molecule has 0 unspecified atom stereocenters. The maximum absolute atomic E-state index is 11.9. The van der Waals surface area contributed by atoms with Crippen molar-refractivity contribution in [3.63, 3.8) is 0 Å². The third-order valence-electron chi connectivity index (χ3n) is 2.75. The Morgan fingerprint density at radius 3 is 2.76 bits per heavy atom. The number of nitrogens with two attached hydrogens (primary N) is 1. The lowest BCUT2D eigenvalue weighted by atomic mass is 10.1. The molecule has 1 heterocycles. The van der Waals surface area contributed by atoms with Gasteiger partial charge in [-0.3, -0.25) is 24.9 Å². The molecule has 2 aromatic rings. The van der Waals surface area contributed by atoms with Gasteiger partial charge in [-0.2, -0.15) is 0 Å². The summed E-state index contributed by atoms with van der Waals surface area (Å²) in [7, 11) is 0. The minimum atomic E-state index is -0.627. The molecule has 8 nitrogen and oxygen atoms in total. The molecule has 0 aliphatic heterocycles. The van der Waals surface area contributed by atoms with Crippen LogP contribution in [0.5, 0.6) is 0 Å². The molecule has 0 saturated heterocycles. The van der Waals surface area contributed by atoms with E-state index in [0.717, 1.165) is 11.8 Å². The van der Waals surface area contributed by atoms with Gasteiger partial charge >= 0.3 is 0 Å². The Morgan fingerprint density at radius 2 is 2.14 bits per heavy atom. The highest BCUT2D eigenvalue weighted by molar-refractivity contribution is 5.95. The summed E-state index contributed by atoms with van der Waals surface area (Å²) in [6.45, 7) is 1.99. The van der Waals surface area contributed by atoms with Crippen molar-refractivity contribution in [2.45, 2.75) is 13.5 Å². The fourth-order valence-electron chi connectivity index (χ4n) is 1.63. The number of amides is 1. The minimum absolute atomic E-state index is 0.0148. The monoisotopic (exact) mass is 287 g/mol. The molecular formula is C13H13N5O3. The van der Waals surface area contributed by atoms with E-state index in [4.69, 9.17) is 5.73 Å². The van der Waals surface area contributed by atoms with Crippen LogP contribution in [0.1, 0.15) is 21.7 Å². The number of carbonyl (C=O) groups excluding carboxylic acids is 1. The van der Waals surface area contributed by atoms with Crippen LogP contribution in [0, 0.1) is 17.0 Å². The first-order valence-electron chi connectivity index (χ1n) is 6.07. The first kappa shape index (κ1) is 14.4. The second-order valence-electron chi connectivity index (χ2n) is 4.36. The lowest BCUT2D eigenvalue weighted by Gasteiger charge is -2.05. The van der Waals surface area contributed by atoms with Gasteiger partial charge in [-0.05, 0) is 19.1 Å². The Kier molecular flexibility index (Phi) is 4.07. The molecule has 1 aromatic carbocycles. The number of nitrogen functional groups attached to an aromatic ring is 1. The number of nitro groups is 1. The molecule has 108 valence electrons. The van der Waals surface area contributed by atoms with Crippen molar-refractivity contribution < 1.29 is 9.72 Å². The summed E-state index contributed by atoms with van der Waals surface area (Å²) in [6.07, 6.45) is 3.15. The smallest absolute Gasteiger partial charge is 0.292 e. The number of hydrogen-bond donors (Lipinski definition) is 2. The Labute approximate surface area is 120 Å². The van der Waals surface area contributed by atoms with Crippen molar-refractivity contribution in [3.8, 4) is 0 Å². The normalized spacial score (nSPS) is 10.1. The molecule has 0 radical (unpaired) electrons. The van der Waals surface area contributed by atoms with Gasteiger partial charge < -0.3 is 11.1 Å². The van der Waals surface area contributed by atoms with E-state index in [1.54, 1.807) is 12.4 Å². The number of aryl methyl sites for hydroxylation is 1. The molecule has 8 heteroatoms. The van der Waals surface area contributed by atoms with Gasteiger partial charge in [-0.25, -0.2) is 0 Å². The Hall–Kier alpha value is -3.03. The summed E-state index contributed by atoms with van der Waals surface area (Å²) in [6, 6.07) is 3.91. The predicted octanol–water partition coefficient (Wildman–Crippen LogP) is 1.21. The van der Waals surface area contributed by atoms with Gasteiger partial charge in [-0.1, -0.05) is 0 Å². The lowest BCUT2D eigenvalue weighted by Crippen LogP contribution is -2.23. The van der Waals surface area contributed by atoms with Gasteiger partial charge in [0.2, 0.25) is 0 Å². The minimum Gasteiger partial charge on any atom is -0.393 e. The van der Waals surface area contributed by atoms with Crippen molar-refractivity contribution in [2.24, 2.45) is 0 Å². The number of nitrogens with zero attached hydrogens (tertiary/aromatic N) is 3. The number of hydrogen-bond acceptors (Lipinski definition) is 6. The second kappa shape index (κ2) is 5.95. The fourth-order valence-corrected chi connectivity index (χ4v) is 1.63. The van der Waals surface area contributed by atoms with E-state index in [-0.39, 0.29) is 23.5 Å². The molecule has 0 bridgehead atoms. The number of carbonyl (C=O) groups is 1. The van der Waals surface area contributed by atoms with Gasteiger partial charge in [0.25, 0.3) is 11.6 Å². The van der Waals surface area contributed by atoms with E-state index in [1.807, 2.05) is 6.92 Å². The van der Waals surface area contributed by atoms with Crippen LogP contribution in [-0.2, 0) is 6.54 Å². The second-order valence-corrected chi connectivity index (χ2v) is 4.36. The first-order chi connectivity index (χ1) is 9.97. The number of rotatable bonds is 4. The van der Waals surface area contributed by atoms with Crippen LogP contribution in [0.3, 0.4) is 0 Å². The summed E-state index contributed by atoms with van der Waals surface area (Å²) >= 11 is 0. The van der Waals surface area contributed by atoms with Crippen LogP contribution in [0.4, 0.5) is 11.4 Å². The third-order valence-corrected chi connectivity index (χ3v) is 2.75. The number of aromatic nitrogens is 2. The largest absolute Gasteiger partial charge is 0.393 e. The van der Waals surface area contributed by atoms with Crippen LogP contribution in [0.15, 0.2) is 30.6 Å². The summed E-state index contributed by atoms with van der Waals surface area (Å²) in [5.74, 6) is -0.444. The quantitative estimate of drug-likeness (QED) is 0.494. The maximum atomic E-state index is 11.9. The lowest BCUT2D eigenvalue weighted by molar-refractivity contribution is -0.383. The highest BCUT2D eigenvalue weighted by atomic mass is 16.6. The zero-order valence-electron chi connectivity index (χ0n) is 11.2. The van der Waals surface area contributed by atoms with Crippen molar-refractivity contribution >= 4 is 17.3 Å². The molecular weight excluding hydrogens is 274 g/mol. The summed E-state index contributed by atoms with van der Waals surface area (Å²) < 4.78 is 0. The Morgan fingerprint density at radius 1 is 1.38 bits per heavy atom. The van der Waals surface area contributed by atoms with Crippen LogP contribution in [-0.4, -0.2) is 20.8 Å². The number of anilines is 1. The van der Waals surface area contributed by atoms with E-state index < -0.39 is 10.8 Å². The molecule has 0 aliphatic carbocycles. The summed E-state index contributed by atoms with van der Waals surface area (Å²) in [4.78, 5) is 30.3. The van der Waals surface area contributed by atoms with Crippen LogP contribution < -0.4 is 11.1 Å². The average molecular weight is 287 g/mol. The summed E-state index contributed by atoms with van der Waals surface area (Å²) in [5, 5.41) is 13.4. The molecule has 0 fully saturated rings. The fraction of sp³-hybridized carbons (Fsp3) is 0.154. The Bertz CT molecular complexity index is 685. The van der Waals surface area contributed by atoms with E-state index in [1.165, 1.54) is 12.1 Å². The third kappa shape index (κ3) is 3.50. The molecule has 3 N–H and O–H groups in total. The topological polar surface area (TPSA) is 124 Å². The molecule has 0 atom stereocenters. The highest BCUT2D eigenvalue weighted by Gasteiger charge is 2.15. The number of nitro benzene ring substituents is 1. The maximum Gasteiger partial charge on any atom is 0.292 e. The standard InChI is InChI=1S/C13H13N5O3/c1-8-5-16-10(6-15-8)7-17-13(19)9-2-3-11(14)12(4-9)18(20)21/h2-6H,7,14H2,1H3,(H,17,19). The van der Waals surface area contributed by atoms with Crippen molar-refractivity contribution in [3.05, 3.63) is 57.7 Å². The molecule has 1 aromatic heterocycles. The zero-order chi connectivity index (χ0) is 15.4. The van der Waals surface area contributed by atoms with E-state index in [9.17, 15) is 14.9 Å². The van der Waals surface area contributed by atoms with Crippen molar-refractivity contribution in [1.82, 2.24) is 15.3 Å². The van der Waals surface area contributed by atoms with Crippen molar-refractivity contribution in [2.75, 3.05) is 5.73 Å². The van der Waals surface area contributed by atoms with Crippen molar-refractivity contribution in [1.29, 1.82) is 0 Å². The van der Waals surface area contributed by atoms with Crippen LogP contribution in [0.2, 0.25) is 0 Å². The molecule has 21 heavy (non-hydrogen) atoms. The number of nitrogens with one attached hydrogen (secondary N) is 1. The summed E-state index contributed by atoms with van der Waals surface area (Å²) in [5.41, 5.74) is 6.74. The molecule has 2 rings (SSSR count). The number of benzene rings is 1. The van der Waals surface area contributed by atoms with Gasteiger partial charge in [0.15, 0.2) is 0 Å². The van der Waals surface area contributed by atoms with Crippen LogP contribution >= 0.6 is 0 Å². The highest BCUT2D eigenvalue weighted by Crippen LogP contribution is 2.22. The SMILES string of the molecule is Cc1cnc(CNC(=O)c2ccc(N)c([N+](=O)[O-])c2)cn1. The predicted molar refractivity (Wildman–Crippen MR) is 75.4 cm³/mol. The average Bonchev–Trinajstić information content (AvgIpc) is 2.46. The Balaban J connectivity index is 2.08. The molecule has 1 amide bonds. The molecule has 0 saturated carbocycles. The first-order valence-corrected chi connectivity index (χ1v) is 6.07. The molecule has 0 aliphatic rings. The van der Waals surface area contributed by atoms with Gasteiger partial charge in [0.05, 0.1) is 29.1 Å². The zero-order valence-corrected chi connectivity index (χ0v) is 11.2. The van der Waals surface area contributed by atoms with Gasteiger partial charge in [0, 0.05) is 17.8 Å². The van der Waals surface area contributed by atoms with E-state index in [0.29, 0.717) is 5.69 Å². The van der Waals surface area contributed by atoms with Gasteiger partial charge in [-0.15, -0.1) is 0 Å². The van der Waals surface area contributed by atoms with E-state index >= 15 is 0 Å². The van der Waals surface area contributed by atoms with E-state index in [2.05, 4.69) is 15.3 Å². The van der Waals surface area contributed by atoms with Gasteiger partial charge in [0.1, 0.15) is 5.69 Å².